The maximum absolute atomic E-state index is 9.34. The summed E-state index contributed by atoms with van der Waals surface area (Å²) < 4.78 is 0.927. The zero-order chi connectivity index (χ0) is 15.4. The molecule has 108 valence electrons. The topological polar surface area (TPSA) is 39.4 Å². The van der Waals surface area contributed by atoms with Crippen LogP contribution in [0.3, 0.4) is 0 Å². The molecule has 0 saturated carbocycles. The Morgan fingerprint density at radius 3 is 2.95 bits per heavy atom. The number of aliphatic imine (C=N–C) groups is 1. The fourth-order valence-electron chi connectivity index (χ4n) is 2.58. The molecule has 1 heterocycles. The summed E-state index contributed by atoms with van der Waals surface area (Å²) >= 11 is 3.42. The second-order valence-corrected chi connectivity index (χ2v) is 6.02. The van der Waals surface area contributed by atoms with E-state index < -0.39 is 0 Å². The standard InChI is InChI=1S/C17H18BrN3/c1-4-20-13(3)16-11-21(8-7-12(16)2)17-6-5-15(18)9-14(17)10-19/h4-6,9H,1,7-8,11H2,2-3H3. The zero-order valence-corrected chi connectivity index (χ0v) is 13.9. The molecule has 0 N–H and O–H groups in total. The molecule has 0 saturated heterocycles. The number of rotatable bonds is 3. The number of benzene rings is 1. The van der Waals surface area contributed by atoms with Crippen LogP contribution in [0.25, 0.3) is 0 Å². The van der Waals surface area contributed by atoms with E-state index in [2.05, 4.69) is 45.4 Å². The SMILES string of the molecule is C=CN=C(C)C1=C(C)CCN(c2ccc(Br)cc2C#N)C1. The Labute approximate surface area is 134 Å². The number of anilines is 1. The van der Waals surface area contributed by atoms with Gasteiger partial charge in [-0.3, -0.25) is 4.99 Å². The summed E-state index contributed by atoms with van der Waals surface area (Å²) in [6, 6.07) is 8.12. The van der Waals surface area contributed by atoms with Gasteiger partial charge in [0.05, 0.1) is 11.3 Å². The Balaban J connectivity index is 2.35. The highest BCUT2D eigenvalue weighted by molar-refractivity contribution is 9.10. The van der Waals surface area contributed by atoms with E-state index in [1.165, 1.54) is 11.1 Å². The Morgan fingerprint density at radius 1 is 1.52 bits per heavy atom. The molecule has 1 aliphatic rings. The van der Waals surface area contributed by atoms with Crippen molar-refractivity contribution in [2.24, 2.45) is 4.99 Å². The van der Waals surface area contributed by atoms with E-state index >= 15 is 0 Å². The molecule has 0 spiro atoms. The van der Waals surface area contributed by atoms with Crippen LogP contribution in [0, 0.1) is 11.3 Å². The van der Waals surface area contributed by atoms with Gasteiger partial charge in [0.15, 0.2) is 0 Å². The van der Waals surface area contributed by atoms with Crippen molar-refractivity contribution >= 4 is 27.3 Å². The molecular formula is C17H18BrN3. The third-order valence-corrected chi connectivity index (χ3v) is 4.26. The van der Waals surface area contributed by atoms with Crippen LogP contribution in [-0.2, 0) is 0 Å². The van der Waals surface area contributed by atoms with Crippen molar-refractivity contribution in [3.8, 4) is 6.07 Å². The van der Waals surface area contributed by atoms with E-state index in [4.69, 9.17) is 0 Å². The van der Waals surface area contributed by atoms with Crippen LogP contribution in [0.15, 0.2) is 51.6 Å². The van der Waals surface area contributed by atoms with E-state index in [9.17, 15) is 5.26 Å². The van der Waals surface area contributed by atoms with E-state index in [1.54, 1.807) is 6.20 Å². The van der Waals surface area contributed by atoms with Crippen LogP contribution < -0.4 is 4.90 Å². The lowest BCUT2D eigenvalue weighted by atomic mass is 9.97. The molecule has 21 heavy (non-hydrogen) atoms. The van der Waals surface area contributed by atoms with E-state index in [-0.39, 0.29) is 0 Å². The summed E-state index contributed by atoms with van der Waals surface area (Å²) in [5.41, 5.74) is 5.29. The Hall–Kier alpha value is -1.86. The predicted octanol–water partition coefficient (Wildman–Crippen LogP) is 4.45. The Kier molecular flexibility index (Phi) is 4.98. The molecule has 3 nitrogen and oxygen atoms in total. The van der Waals surface area contributed by atoms with Gasteiger partial charge in [0.1, 0.15) is 6.07 Å². The quantitative estimate of drug-likeness (QED) is 0.760. The second-order valence-electron chi connectivity index (χ2n) is 5.10. The smallest absolute Gasteiger partial charge is 0.101 e. The maximum Gasteiger partial charge on any atom is 0.101 e. The molecule has 1 aromatic carbocycles. The molecule has 0 amide bonds. The minimum absolute atomic E-state index is 0.696. The summed E-state index contributed by atoms with van der Waals surface area (Å²) in [4.78, 5) is 6.55. The summed E-state index contributed by atoms with van der Waals surface area (Å²) in [6.07, 6.45) is 2.56. The van der Waals surface area contributed by atoms with Crippen molar-refractivity contribution in [1.82, 2.24) is 0 Å². The molecule has 0 unspecified atom stereocenters. The molecule has 0 aliphatic carbocycles. The number of halogens is 1. The van der Waals surface area contributed by atoms with Gasteiger partial charge in [0.2, 0.25) is 0 Å². The third kappa shape index (κ3) is 3.43. The summed E-state index contributed by atoms with van der Waals surface area (Å²) in [5, 5.41) is 9.34. The molecule has 0 atom stereocenters. The first-order valence-electron chi connectivity index (χ1n) is 6.85. The lowest BCUT2D eigenvalue weighted by Gasteiger charge is -2.32. The molecule has 2 rings (SSSR count). The van der Waals surface area contributed by atoms with Crippen LogP contribution >= 0.6 is 15.9 Å². The van der Waals surface area contributed by atoms with Gasteiger partial charge in [0, 0.05) is 29.5 Å². The maximum atomic E-state index is 9.34. The molecule has 1 aliphatic heterocycles. The number of hydrogen-bond acceptors (Lipinski definition) is 3. The zero-order valence-electron chi connectivity index (χ0n) is 12.4. The summed E-state index contributed by atoms with van der Waals surface area (Å²) in [7, 11) is 0. The highest BCUT2D eigenvalue weighted by Gasteiger charge is 2.20. The minimum Gasteiger partial charge on any atom is -0.366 e. The predicted molar refractivity (Wildman–Crippen MR) is 91.7 cm³/mol. The average Bonchev–Trinajstić information content (AvgIpc) is 2.48. The van der Waals surface area contributed by atoms with Crippen molar-refractivity contribution in [3.63, 3.8) is 0 Å². The first-order valence-corrected chi connectivity index (χ1v) is 7.65. The molecular weight excluding hydrogens is 326 g/mol. The van der Waals surface area contributed by atoms with Crippen LogP contribution in [0.1, 0.15) is 25.8 Å². The lowest BCUT2D eigenvalue weighted by Crippen LogP contribution is -2.33. The fraction of sp³-hybridized carbons (Fsp3) is 0.294. The van der Waals surface area contributed by atoms with Crippen LogP contribution in [-0.4, -0.2) is 18.8 Å². The largest absolute Gasteiger partial charge is 0.366 e. The summed E-state index contributed by atoms with van der Waals surface area (Å²) in [6.45, 7) is 9.53. The number of hydrogen-bond donors (Lipinski definition) is 0. The van der Waals surface area contributed by atoms with E-state index in [1.807, 2.05) is 25.1 Å². The van der Waals surface area contributed by atoms with Crippen molar-refractivity contribution in [3.05, 3.63) is 52.2 Å². The molecule has 0 aromatic heterocycles. The van der Waals surface area contributed by atoms with E-state index in [0.29, 0.717) is 5.56 Å². The Bertz CT molecular complexity index is 665. The van der Waals surface area contributed by atoms with Gasteiger partial charge < -0.3 is 4.90 Å². The molecule has 4 heteroatoms. The van der Waals surface area contributed by atoms with Crippen molar-refractivity contribution < 1.29 is 0 Å². The van der Waals surface area contributed by atoms with Gasteiger partial charge in [-0.2, -0.15) is 5.26 Å². The molecule has 0 fully saturated rings. The fourth-order valence-corrected chi connectivity index (χ4v) is 2.94. The number of nitrogens with zero attached hydrogens (tertiary/aromatic N) is 3. The van der Waals surface area contributed by atoms with Crippen LogP contribution in [0.4, 0.5) is 5.69 Å². The third-order valence-electron chi connectivity index (χ3n) is 3.76. The highest BCUT2D eigenvalue weighted by Crippen LogP contribution is 2.29. The Morgan fingerprint density at radius 2 is 2.29 bits per heavy atom. The summed E-state index contributed by atoms with van der Waals surface area (Å²) in [5.74, 6) is 0. The van der Waals surface area contributed by atoms with Gasteiger partial charge >= 0.3 is 0 Å². The monoisotopic (exact) mass is 343 g/mol. The van der Waals surface area contributed by atoms with Crippen molar-refractivity contribution in [2.75, 3.05) is 18.0 Å². The van der Waals surface area contributed by atoms with Gasteiger partial charge in [-0.1, -0.05) is 28.1 Å². The molecule has 0 bridgehead atoms. The average molecular weight is 344 g/mol. The van der Waals surface area contributed by atoms with Crippen molar-refractivity contribution in [1.29, 1.82) is 5.26 Å². The van der Waals surface area contributed by atoms with Crippen LogP contribution in [0.5, 0.6) is 0 Å². The van der Waals surface area contributed by atoms with Gasteiger partial charge in [-0.25, -0.2) is 0 Å². The normalized spacial score (nSPS) is 15.9. The first-order chi connectivity index (χ1) is 10.1. The van der Waals surface area contributed by atoms with E-state index in [0.717, 1.165) is 35.4 Å². The first kappa shape index (κ1) is 15.5. The van der Waals surface area contributed by atoms with Crippen LogP contribution in [0.2, 0.25) is 0 Å². The minimum atomic E-state index is 0.696. The molecule has 0 radical (unpaired) electrons. The highest BCUT2D eigenvalue weighted by atomic mass is 79.9. The molecule has 1 aromatic rings. The number of nitriles is 1. The second kappa shape index (κ2) is 6.73. The lowest BCUT2D eigenvalue weighted by molar-refractivity contribution is 0.772. The van der Waals surface area contributed by atoms with Gasteiger partial charge in [-0.15, -0.1) is 0 Å². The van der Waals surface area contributed by atoms with Gasteiger partial charge in [-0.05, 0) is 44.0 Å². The van der Waals surface area contributed by atoms with Crippen molar-refractivity contribution in [2.45, 2.75) is 20.3 Å². The van der Waals surface area contributed by atoms with Gasteiger partial charge in [0.25, 0.3) is 0 Å².